The summed E-state index contributed by atoms with van der Waals surface area (Å²) in [6.07, 6.45) is 0.575. The molecule has 0 atom stereocenters. The van der Waals surface area contributed by atoms with Gasteiger partial charge < -0.3 is 9.84 Å². The minimum Gasteiger partial charge on any atom is -0.455 e. The summed E-state index contributed by atoms with van der Waals surface area (Å²) in [6, 6.07) is 9.21. The highest BCUT2D eigenvalue weighted by Gasteiger charge is 2.02. The second-order valence-electron chi connectivity index (χ2n) is 2.16. The van der Waals surface area contributed by atoms with Crippen LogP contribution in [0.2, 0.25) is 0 Å². The van der Waals surface area contributed by atoms with Gasteiger partial charge in [-0.05, 0) is 12.1 Å². The Morgan fingerprint density at radius 1 is 1.36 bits per heavy atom. The van der Waals surface area contributed by atoms with E-state index in [9.17, 15) is 0 Å². The molecule has 0 fully saturated rings. The highest BCUT2D eigenvalue weighted by molar-refractivity contribution is 5.21. The molecule has 11 heavy (non-hydrogen) atoms. The van der Waals surface area contributed by atoms with Gasteiger partial charge >= 0.3 is 0 Å². The Hall–Kier alpha value is -1.02. The Bertz CT molecular complexity index is 196. The molecule has 0 bridgehead atoms. The van der Waals surface area contributed by atoms with Crippen LogP contribution in [-0.4, -0.2) is 5.11 Å². The van der Waals surface area contributed by atoms with Crippen LogP contribution in [0.25, 0.3) is 0 Å². The van der Waals surface area contributed by atoms with Gasteiger partial charge in [0, 0.05) is 6.42 Å². The normalized spacial score (nSPS) is 10.1. The lowest BCUT2D eigenvalue weighted by Crippen LogP contribution is -2.03. The highest BCUT2D eigenvalue weighted by atomic mass is 16.6. The van der Waals surface area contributed by atoms with E-state index in [1.807, 2.05) is 25.1 Å². The zero-order chi connectivity index (χ0) is 8.10. The van der Waals surface area contributed by atoms with E-state index in [0.717, 1.165) is 0 Å². The molecule has 0 spiro atoms. The maximum Gasteiger partial charge on any atom is 0.273 e. The van der Waals surface area contributed by atoms with E-state index in [2.05, 4.69) is 0 Å². The van der Waals surface area contributed by atoms with Crippen LogP contribution in [-0.2, 0) is 0 Å². The van der Waals surface area contributed by atoms with Crippen molar-refractivity contribution >= 4 is 0 Å². The van der Waals surface area contributed by atoms with Gasteiger partial charge in [0.15, 0.2) is 0 Å². The van der Waals surface area contributed by atoms with Crippen molar-refractivity contribution < 1.29 is 9.84 Å². The van der Waals surface area contributed by atoms with Gasteiger partial charge in [-0.25, -0.2) is 0 Å². The number of rotatable bonds is 3. The summed E-state index contributed by atoms with van der Waals surface area (Å²) in [5.74, 6) is 0.673. The first-order chi connectivity index (χ1) is 5.33. The lowest BCUT2D eigenvalue weighted by molar-refractivity contribution is 0.0963. The highest BCUT2D eigenvalue weighted by Crippen LogP contribution is 2.13. The molecule has 0 saturated carbocycles. The summed E-state index contributed by atoms with van der Waals surface area (Å²) in [4.78, 5) is 0. The first kappa shape index (κ1) is 8.08. The molecule has 1 rings (SSSR count). The summed E-state index contributed by atoms with van der Waals surface area (Å²) < 4.78 is 5.04. The van der Waals surface area contributed by atoms with Crippen LogP contribution in [0, 0.1) is 6.29 Å². The molecule has 59 valence electrons. The van der Waals surface area contributed by atoms with Crippen molar-refractivity contribution in [2.24, 2.45) is 0 Å². The van der Waals surface area contributed by atoms with E-state index >= 15 is 0 Å². The molecule has 0 amide bonds. The molecule has 0 aliphatic carbocycles. The minimum absolute atomic E-state index is 0.0520. The van der Waals surface area contributed by atoms with Gasteiger partial charge in [-0.3, -0.25) is 0 Å². The monoisotopic (exact) mass is 151 g/mol. The van der Waals surface area contributed by atoms with Gasteiger partial charge in [0.2, 0.25) is 0 Å². The summed E-state index contributed by atoms with van der Waals surface area (Å²) in [6.45, 7) is 1.83. The second-order valence-corrected chi connectivity index (χ2v) is 2.16. The third kappa shape index (κ3) is 2.60. The largest absolute Gasteiger partial charge is 0.455 e. The summed E-state index contributed by atoms with van der Waals surface area (Å²) in [5, 5.41) is 9.01. The fourth-order valence-corrected chi connectivity index (χ4v) is 0.697. The molecule has 0 aromatic heterocycles. The van der Waals surface area contributed by atoms with Crippen LogP contribution >= 0.6 is 0 Å². The molecule has 0 saturated heterocycles. The molecular formula is C9H11O2. The standard InChI is InChI=1S/C9H11O2/c1-2-9(10)11-8-6-4-3-5-7-8/h3-7,10H,2H2,1H3. The first-order valence-corrected chi connectivity index (χ1v) is 3.60. The van der Waals surface area contributed by atoms with Gasteiger partial charge in [-0.1, -0.05) is 25.1 Å². The Balaban J connectivity index is 2.51. The van der Waals surface area contributed by atoms with Gasteiger partial charge in [0.25, 0.3) is 6.29 Å². The van der Waals surface area contributed by atoms with E-state index in [1.165, 1.54) is 0 Å². The van der Waals surface area contributed by atoms with Gasteiger partial charge in [0.1, 0.15) is 5.75 Å². The average molecular weight is 151 g/mol. The smallest absolute Gasteiger partial charge is 0.273 e. The second kappa shape index (κ2) is 3.98. The zero-order valence-electron chi connectivity index (χ0n) is 6.45. The Labute approximate surface area is 66.4 Å². The van der Waals surface area contributed by atoms with Crippen molar-refractivity contribution in [2.75, 3.05) is 0 Å². The van der Waals surface area contributed by atoms with Crippen LogP contribution in [0.4, 0.5) is 0 Å². The van der Waals surface area contributed by atoms with E-state index in [1.54, 1.807) is 12.1 Å². The number of para-hydroxylation sites is 1. The Kier molecular flexibility index (Phi) is 2.93. The molecule has 2 heteroatoms. The third-order valence-corrected chi connectivity index (χ3v) is 1.28. The third-order valence-electron chi connectivity index (χ3n) is 1.28. The van der Waals surface area contributed by atoms with Crippen LogP contribution in [0.15, 0.2) is 30.3 Å². The van der Waals surface area contributed by atoms with Crippen molar-refractivity contribution in [3.05, 3.63) is 36.6 Å². The predicted octanol–water partition coefficient (Wildman–Crippen LogP) is 2.34. The van der Waals surface area contributed by atoms with Gasteiger partial charge in [-0.15, -0.1) is 0 Å². The summed E-state index contributed by atoms with van der Waals surface area (Å²) in [5.41, 5.74) is 0. The van der Waals surface area contributed by atoms with Crippen molar-refractivity contribution in [3.63, 3.8) is 0 Å². The first-order valence-electron chi connectivity index (χ1n) is 3.60. The van der Waals surface area contributed by atoms with Crippen molar-refractivity contribution in [2.45, 2.75) is 13.3 Å². The number of hydrogen-bond donors (Lipinski definition) is 1. The van der Waals surface area contributed by atoms with Gasteiger partial charge in [-0.2, -0.15) is 0 Å². The van der Waals surface area contributed by atoms with Crippen LogP contribution in [0.5, 0.6) is 5.75 Å². The summed E-state index contributed by atoms with van der Waals surface area (Å²) >= 11 is 0. The van der Waals surface area contributed by atoms with Crippen molar-refractivity contribution in [1.29, 1.82) is 0 Å². The predicted molar refractivity (Wildman–Crippen MR) is 42.5 cm³/mol. The summed E-state index contributed by atoms with van der Waals surface area (Å²) in [7, 11) is 0. The number of aliphatic hydroxyl groups is 1. The van der Waals surface area contributed by atoms with Crippen LogP contribution in [0.1, 0.15) is 13.3 Å². The quantitative estimate of drug-likeness (QED) is 0.718. The fourth-order valence-electron chi connectivity index (χ4n) is 0.697. The molecule has 1 radical (unpaired) electrons. The topological polar surface area (TPSA) is 29.5 Å². The van der Waals surface area contributed by atoms with Crippen LogP contribution < -0.4 is 4.74 Å². The molecule has 1 aromatic rings. The number of hydrogen-bond acceptors (Lipinski definition) is 2. The molecule has 0 heterocycles. The lowest BCUT2D eigenvalue weighted by Gasteiger charge is -2.07. The molecule has 1 aromatic carbocycles. The number of ether oxygens (including phenoxy) is 1. The van der Waals surface area contributed by atoms with Crippen molar-refractivity contribution in [1.82, 2.24) is 0 Å². The van der Waals surface area contributed by atoms with E-state index < -0.39 is 0 Å². The average Bonchev–Trinajstić information content (AvgIpc) is 2.06. The molecule has 0 aliphatic heterocycles. The van der Waals surface area contributed by atoms with Crippen LogP contribution in [0.3, 0.4) is 0 Å². The maximum atomic E-state index is 9.01. The van der Waals surface area contributed by atoms with E-state index in [-0.39, 0.29) is 6.29 Å². The molecule has 1 N–H and O–H groups in total. The van der Waals surface area contributed by atoms with Crippen molar-refractivity contribution in [3.8, 4) is 5.75 Å². The zero-order valence-corrected chi connectivity index (χ0v) is 6.45. The maximum absolute atomic E-state index is 9.01. The molecule has 0 aliphatic rings. The van der Waals surface area contributed by atoms with E-state index in [4.69, 9.17) is 9.84 Å². The molecule has 2 nitrogen and oxygen atoms in total. The lowest BCUT2D eigenvalue weighted by atomic mass is 10.3. The Morgan fingerprint density at radius 2 is 2.00 bits per heavy atom. The number of benzene rings is 1. The number of aliphatic hydroxyl groups excluding tert-OH is 1. The fraction of sp³-hybridized carbons (Fsp3) is 0.222. The molecular weight excluding hydrogens is 140 g/mol. The Morgan fingerprint density at radius 3 is 2.55 bits per heavy atom. The minimum atomic E-state index is 0.0520. The van der Waals surface area contributed by atoms with E-state index in [0.29, 0.717) is 12.2 Å². The van der Waals surface area contributed by atoms with Gasteiger partial charge in [0.05, 0.1) is 0 Å². The SMILES string of the molecule is CC[C](O)Oc1ccccc1. The molecule has 0 unspecified atom stereocenters.